The predicted octanol–water partition coefficient (Wildman–Crippen LogP) is 0.0149. The number of hydrogen-bond acceptors (Lipinski definition) is 5. The molecule has 1 heterocycles. The zero-order chi connectivity index (χ0) is 14.0. The lowest BCUT2D eigenvalue weighted by molar-refractivity contribution is 0.578. The Morgan fingerprint density at radius 2 is 2.21 bits per heavy atom. The van der Waals surface area contributed by atoms with E-state index < -0.39 is 15.8 Å². The van der Waals surface area contributed by atoms with Crippen molar-refractivity contribution in [2.75, 3.05) is 5.73 Å². The number of aryl methyl sites for hydroxylation is 1. The minimum absolute atomic E-state index is 0.0695. The molecule has 0 radical (unpaired) electrons. The summed E-state index contributed by atoms with van der Waals surface area (Å²) >= 11 is 0. The van der Waals surface area contributed by atoms with Crippen molar-refractivity contribution in [3.8, 4) is 0 Å². The molecule has 0 bridgehead atoms. The Bertz CT molecular complexity index is 698. The third-order valence-corrected chi connectivity index (χ3v) is 3.80. The van der Waals surface area contributed by atoms with Crippen molar-refractivity contribution < 1.29 is 12.8 Å². The summed E-state index contributed by atoms with van der Waals surface area (Å²) in [5.74, 6) is -0.269. The monoisotopic (exact) mass is 285 g/mol. The molecule has 0 unspecified atom stereocenters. The van der Waals surface area contributed by atoms with Crippen LogP contribution in [0.4, 0.5) is 10.1 Å². The van der Waals surface area contributed by atoms with Crippen molar-refractivity contribution in [2.45, 2.75) is 11.4 Å². The molecule has 0 atom stereocenters. The highest BCUT2D eigenvalue weighted by atomic mass is 32.2. The van der Waals surface area contributed by atoms with Crippen LogP contribution in [0.3, 0.4) is 0 Å². The summed E-state index contributed by atoms with van der Waals surface area (Å²) < 4.78 is 40.6. The normalized spacial score (nSPS) is 11.7. The lowest BCUT2D eigenvalue weighted by atomic mass is 10.3. The van der Waals surface area contributed by atoms with Crippen LogP contribution in [-0.2, 0) is 23.6 Å². The quantitative estimate of drug-likeness (QED) is 0.771. The van der Waals surface area contributed by atoms with Gasteiger partial charge >= 0.3 is 0 Å². The van der Waals surface area contributed by atoms with Gasteiger partial charge in [-0.05, 0) is 18.2 Å². The second-order valence-electron chi connectivity index (χ2n) is 3.84. The molecule has 0 aliphatic rings. The minimum Gasteiger partial charge on any atom is -0.398 e. The summed E-state index contributed by atoms with van der Waals surface area (Å²) in [6, 6.07) is 3.09. The molecule has 0 saturated heterocycles. The van der Waals surface area contributed by atoms with Crippen LogP contribution >= 0.6 is 0 Å². The summed E-state index contributed by atoms with van der Waals surface area (Å²) in [6.45, 7) is -0.0695. The molecule has 7 nitrogen and oxygen atoms in total. The van der Waals surface area contributed by atoms with Crippen LogP contribution in [-0.4, -0.2) is 23.2 Å². The molecule has 0 saturated carbocycles. The predicted molar refractivity (Wildman–Crippen MR) is 65.8 cm³/mol. The minimum atomic E-state index is -3.83. The maximum Gasteiger partial charge on any atom is 0.243 e. The smallest absolute Gasteiger partial charge is 0.243 e. The molecule has 1 aromatic carbocycles. The average Bonchev–Trinajstić information content (AvgIpc) is 2.72. The van der Waals surface area contributed by atoms with E-state index in [4.69, 9.17) is 5.73 Å². The maximum absolute atomic E-state index is 12.9. The average molecular weight is 285 g/mol. The molecule has 0 spiro atoms. The summed E-state index contributed by atoms with van der Waals surface area (Å²) in [5.41, 5.74) is 5.33. The zero-order valence-electron chi connectivity index (χ0n) is 10.0. The number of hydrogen-bond donors (Lipinski definition) is 2. The highest BCUT2D eigenvalue weighted by Gasteiger charge is 2.18. The highest BCUT2D eigenvalue weighted by Crippen LogP contribution is 2.18. The molecular formula is C10H12FN5O2S. The van der Waals surface area contributed by atoms with Gasteiger partial charge < -0.3 is 5.73 Å². The Morgan fingerprint density at radius 3 is 2.79 bits per heavy atom. The van der Waals surface area contributed by atoms with Gasteiger partial charge in [0.05, 0.1) is 12.2 Å². The number of nitrogen functional groups attached to an aromatic ring is 1. The first-order chi connectivity index (χ1) is 8.88. The molecule has 0 aliphatic carbocycles. The van der Waals surface area contributed by atoms with Crippen molar-refractivity contribution in [3.05, 3.63) is 36.2 Å². The lowest BCUT2D eigenvalue weighted by Gasteiger charge is -2.07. The molecule has 1 aromatic heterocycles. The second-order valence-corrected chi connectivity index (χ2v) is 5.58. The van der Waals surface area contributed by atoms with E-state index in [2.05, 4.69) is 14.8 Å². The van der Waals surface area contributed by atoms with Crippen LogP contribution in [0.5, 0.6) is 0 Å². The summed E-state index contributed by atoms with van der Waals surface area (Å²) in [6.07, 6.45) is 1.45. The highest BCUT2D eigenvalue weighted by molar-refractivity contribution is 7.89. The Hall–Kier alpha value is -2.00. The Kier molecular flexibility index (Phi) is 3.49. The Balaban J connectivity index is 2.18. The van der Waals surface area contributed by atoms with Gasteiger partial charge in [0.1, 0.15) is 17.0 Å². The molecule has 2 rings (SSSR count). The van der Waals surface area contributed by atoms with Crippen LogP contribution in [0, 0.1) is 5.82 Å². The second kappa shape index (κ2) is 4.94. The van der Waals surface area contributed by atoms with Crippen LogP contribution in [0.25, 0.3) is 0 Å². The number of nitrogens with zero attached hydrogens (tertiary/aromatic N) is 3. The molecule has 102 valence electrons. The van der Waals surface area contributed by atoms with Gasteiger partial charge in [-0.15, -0.1) is 0 Å². The number of halogens is 1. The van der Waals surface area contributed by atoms with Crippen LogP contribution in [0.2, 0.25) is 0 Å². The molecular weight excluding hydrogens is 273 g/mol. The van der Waals surface area contributed by atoms with E-state index in [1.165, 1.54) is 11.0 Å². The SMILES string of the molecule is Cn1cnc(CNS(=O)(=O)c2ccc(F)cc2N)n1. The van der Waals surface area contributed by atoms with Crippen LogP contribution < -0.4 is 10.5 Å². The zero-order valence-corrected chi connectivity index (χ0v) is 10.9. The van der Waals surface area contributed by atoms with Crippen LogP contribution in [0.15, 0.2) is 29.4 Å². The van der Waals surface area contributed by atoms with Gasteiger partial charge in [0, 0.05) is 7.05 Å². The van der Waals surface area contributed by atoms with Crippen molar-refractivity contribution in [1.29, 1.82) is 0 Å². The van der Waals surface area contributed by atoms with E-state index in [0.717, 1.165) is 18.2 Å². The van der Waals surface area contributed by atoms with Gasteiger partial charge in [-0.1, -0.05) is 0 Å². The first-order valence-electron chi connectivity index (χ1n) is 5.28. The number of rotatable bonds is 4. The first-order valence-corrected chi connectivity index (χ1v) is 6.76. The topological polar surface area (TPSA) is 103 Å². The summed E-state index contributed by atoms with van der Waals surface area (Å²) in [5, 5.41) is 3.93. The molecule has 9 heteroatoms. The third-order valence-electron chi connectivity index (χ3n) is 2.33. The van der Waals surface area contributed by atoms with E-state index in [9.17, 15) is 12.8 Å². The van der Waals surface area contributed by atoms with Gasteiger partial charge in [-0.2, -0.15) is 5.10 Å². The summed E-state index contributed by atoms with van der Waals surface area (Å²) in [4.78, 5) is 3.71. The third kappa shape index (κ3) is 3.06. The van der Waals surface area contributed by atoms with Gasteiger partial charge in [0.15, 0.2) is 5.82 Å². The molecule has 0 aliphatic heterocycles. The van der Waals surface area contributed by atoms with Gasteiger partial charge in [0.25, 0.3) is 0 Å². The molecule has 3 N–H and O–H groups in total. The molecule has 2 aromatic rings. The van der Waals surface area contributed by atoms with Crippen molar-refractivity contribution in [1.82, 2.24) is 19.5 Å². The summed E-state index contributed by atoms with van der Waals surface area (Å²) in [7, 11) is -2.16. The number of anilines is 1. The number of sulfonamides is 1. The lowest BCUT2D eigenvalue weighted by Crippen LogP contribution is -2.24. The fourth-order valence-corrected chi connectivity index (χ4v) is 2.56. The first kappa shape index (κ1) is 13.4. The van der Waals surface area contributed by atoms with Crippen molar-refractivity contribution >= 4 is 15.7 Å². The number of nitrogens with two attached hydrogens (primary N) is 1. The number of benzene rings is 1. The molecule has 0 fully saturated rings. The van der Waals surface area contributed by atoms with E-state index >= 15 is 0 Å². The van der Waals surface area contributed by atoms with E-state index in [1.54, 1.807) is 7.05 Å². The Morgan fingerprint density at radius 1 is 1.47 bits per heavy atom. The standard InChI is InChI=1S/C10H12FN5O2S/c1-16-6-13-10(15-16)5-14-19(17,18)9-3-2-7(11)4-8(9)12/h2-4,6,14H,5,12H2,1H3. The number of nitrogens with one attached hydrogen (secondary N) is 1. The van der Waals surface area contributed by atoms with E-state index in [0.29, 0.717) is 5.82 Å². The fourth-order valence-electron chi connectivity index (χ4n) is 1.47. The van der Waals surface area contributed by atoms with E-state index in [1.807, 2.05) is 0 Å². The van der Waals surface area contributed by atoms with Crippen molar-refractivity contribution in [3.63, 3.8) is 0 Å². The Labute approximate surface area is 109 Å². The molecule has 0 amide bonds. The largest absolute Gasteiger partial charge is 0.398 e. The van der Waals surface area contributed by atoms with Crippen LogP contribution in [0.1, 0.15) is 5.82 Å². The van der Waals surface area contributed by atoms with Gasteiger partial charge in [-0.3, -0.25) is 4.68 Å². The fraction of sp³-hybridized carbons (Fsp3) is 0.200. The van der Waals surface area contributed by atoms with Crippen molar-refractivity contribution in [2.24, 2.45) is 7.05 Å². The number of aromatic nitrogens is 3. The molecule has 19 heavy (non-hydrogen) atoms. The van der Waals surface area contributed by atoms with Gasteiger partial charge in [0.2, 0.25) is 10.0 Å². The van der Waals surface area contributed by atoms with Gasteiger partial charge in [-0.25, -0.2) is 22.5 Å². The van der Waals surface area contributed by atoms with E-state index in [-0.39, 0.29) is 17.1 Å². The maximum atomic E-state index is 12.9.